The van der Waals surface area contributed by atoms with Crippen molar-refractivity contribution in [3.63, 3.8) is 0 Å². The van der Waals surface area contributed by atoms with Gasteiger partial charge < -0.3 is 20.3 Å². The van der Waals surface area contributed by atoms with Gasteiger partial charge in [0.25, 0.3) is 5.91 Å². The molecule has 0 heterocycles. The molecule has 2 aromatic rings. The van der Waals surface area contributed by atoms with Crippen molar-refractivity contribution >= 4 is 23.2 Å². The summed E-state index contributed by atoms with van der Waals surface area (Å²) in [4.78, 5) is 24.7. The molecule has 6 nitrogen and oxygen atoms in total. The molecule has 0 spiro atoms. The predicted molar refractivity (Wildman–Crippen MR) is 107 cm³/mol. The number of benzene rings is 2. The molecule has 0 radical (unpaired) electrons. The molecule has 0 aliphatic rings. The number of ether oxygens (including phenoxy) is 1. The second kappa shape index (κ2) is 9.85. The first kappa shape index (κ1) is 21.4. The van der Waals surface area contributed by atoms with Crippen molar-refractivity contribution in [1.82, 2.24) is 0 Å². The lowest BCUT2D eigenvalue weighted by atomic mass is 10.1. The van der Waals surface area contributed by atoms with Gasteiger partial charge in [-0.15, -0.1) is 0 Å². The van der Waals surface area contributed by atoms with Crippen LogP contribution in [0.15, 0.2) is 42.5 Å². The Labute approximate surface area is 164 Å². The Balaban J connectivity index is 2.01. The van der Waals surface area contributed by atoms with Crippen LogP contribution in [0.3, 0.4) is 0 Å². The van der Waals surface area contributed by atoms with Crippen molar-refractivity contribution in [2.24, 2.45) is 0 Å². The minimum absolute atomic E-state index is 0.127. The zero-order chi connectivity index (χ0) is 20.7. The maximum atomic E-state index is 13.9. The lowest BCUT2D eigenvalue weighted by Gasteiger charge is -2.24. The molecular weight excluding hydrogens is 361 g/mol. The first-order valence-electron chi connectivity index (χ1n) is 9.19. The van der Waals surface area contributed by atoms with Gasteiger partial charge in [-0.3, -0.25) is 9.59 Å². The van der Waals surface area contributed by atoms with Gasteiger partial charge in [-0.25, -0.2) is 4.39 Å². The van der Waals surface area contributed by atoms with Crippen molar-refractivity contribution in [1.29, 1.82) is 0 Å². The molecule has 0 fully saturated rings. The fourth-order valence-electron chi connectivity index (χ4n) is 2.94. The van der Waals surface area contributed by atoms with Crippen LogP contribution in [-0.4, -0.2) is 31.5 Å². The SMILES string of the molecule is CC[NH+](Cc1ccc(OC)c(F)c1)[C@@H](C)C(=O)Nc1ccc(NC(C)=O)cc1. The van der Waals surface area contributed by atoms with E-state index in [9.17, 15) is 14.0 Å². The number of nitrogens with one attached hydrogen (secondary N) is 3. The van der Waals surface area contributed by atoms with Crippen LogP contribution in [0.5, 0.6) is 5.75 Å². The van der Waals surface area contributed by atoms with E-state index in [1.165, 1.54) is 20.1 Å². The summed E-state index contributed by atoms with van der Waals surface area (Å²) in [5, 5.41) is 5.57. The Morgan fingerprint density at radius 1 is 1.11 bits per heavy atom. The monoisotopic (exact) mass is 388 g/mol. The third-order valence-corrected chi connectivity index (χ3v) is 4.58. The molecule has 7 heteroatoms. The summed E-state index contributed by atoms with van der Waals surface area (Å²) in [6.45, 7) is 6.51. The summed E-state index contributed by atoms with van der Waals surface area (Å²) >= 11 is 0. The average Bonchev–Trinajstić information content (AvgIpc) is 2.66. The third kappa shape index (κ3) is 5.79. The highest BCUT2D eigenvalue weighted by Crippen LogP contribution is 2.17. The highest BCUT2D eigenvalue weighted by molar-refractivity contribution is 5.94. The van der Waals surface area contributed by atoms with E-state index in [2.05, 4.69) is 10.6 Å². The largest absolute Gasteiger partial charge is 0.494 e. The predicted octanol–water partition coefficient (Wildman–Crippen LogP) is 2.22. The maximum absolute atomic E-state index is 13.9. The molecule has 2 rings (SSSR count). The van der Waals surface area contributed by atoms with Crippen LogP contribution in [0.4, 0.5) is 15.8 Å². The number of hydrogen-bond acceptors (Lipinski definition) is 3. The number of anilines is 2. The maximum Gasteiger partial charge on any atom is 0.282 e. The molecule has 0 aliphatic heterocycles. The van der Waals surface area contributed by atoms with Crippen LogP contribution < -0.4 is 20.3 Å². The van der Waals surface area contributed by atoms with Gasteiger partial charge in [0.05, 0.1) is 13.7 Å². The minimum Gasteiger partial charge on any atom is -0.494 e. The third-order valence-electron chi connectivity index (χ3n) is 4.58. The van der Waals surface area contributed by atoms with Gasteiger partial charge in [0.1, 0.15) is 6.54 Å². The molecule has 3 N–H and O–H groups in total. The van der Waals surface area contributed by atoms with E-state index >= 15 is 0 Å². The first-order valence-corrected chi connectivity index (χ1v) is 9.19. The second-order valence-corrected chi connectivity index (χ2v) is 6.63. The van der Waals surface area contributed by atoms with Crippen molar-refractivity contribution < 1.29 is 23.6 Å². The lowest BCUT2D eigenvalue weighted by Crippen LogP contribution is -3.15. The molecule has 2 amide bonds. The molecule has 0 aliphatic carbocycles. The van der Waals surface area contributed by atoms with Gasteiger partial charge >= 0.3 is 0 Å². The average molecular weight is 388 g/mol. The Hall–Kier alpha value is -2.93. The van der Waals surface area contributed by atoms with E-state index in [1.54, 1.807) is 30.3 Å². The fraction of sp³-hybridized carbons (Fsp3) is 0.333. The number of likely N-dealkylation sites (N-methyl/N-ethyl adjacent to an activating group) is 1. The number of quaternary nitrogens is 1. The molecule has 0 saturated heterocycles. The number of rotatable bonds is 8. The first-order chi connectivity index (χ1) is 13.3. The van der Waals surface area contributed by atoms with Crippen LogP contribution in [0.1, 0.15) is 26.3 Å². The Kier molecular flexibility index (Phi) is 7.52. The Morgan fingerprint density at radius 2 is 1.71 bits per heavy atom. The number of methoxy groups -OCH3 is 1. The van der Waals surface area contributed by atoms with Crippen LogP contribution in [0, 0.1) is 5.82 Å². The minimum atomic E-state index is -0.410. The van der Waals surface area contributed by atoms with Crippen molar-refractivity contribution in [2.75, 3.05) is 24.3 Å². The molecule has 1 unspecified atom stereocenters. The lowest BCUT2D eigenvalue weighted by molar-refractivity contribution is -0.925. The highest BCUT2D eigenvalue weighted by Gasteiger charge is 2.24. The van der Waals surface area contributed by atoms with Gasteiger partial charge in [0.15, 0.2) is 17.6 Å². The quantitative estimate of drug-likeness (QED) is 0.649. The van der Waals surface area contributed by atoms with Gasteiger partial charge in [-0.1, -0.05) is 0 Å². The smallest absolute Gasteiger partial charge is 0.282 e. The molecule has 150 valence electrons. The standard InChI is InChI=1S/C21H26FN3O3/c1-5-25(13-16-6-11-20(28-4)19(22)12-16)14(2)21(27)24-18-9-7-17(8-10-18)23-15(3)26/h6-12,14H,5,13H2,1-4H3,(H,23,26)(H,24,27)/p+1/t14-/m0/s1. The highest BCUT2D eigenvalue weighted by atomic mass is 19.1. The summed E-state index contributed by atoms with van der Waals surface area (Å²) in [6, 6.07) is 11.5. The van der Waals surface area contributed by atoms with Crippen molar-refractivity contribution in [3.05, 3.63) is 53.8 Å². The van der Waals surface area contributed by atoms with Crippen molar-refractivity contribution in [2.45, 2.75) is 33.4 Å². The number of carbonyl (C=O) groups is 2. The summed E-state index contributed by atoms with van der Waals surface area (Å²) in [5.41, 5.74) is 2.12. The number of halogens is 1. The second-order valence-electron chi connectivity index (χ2n) is 6.63. The van der Waals surface area contributed by atoms with Crippen molar-refractivity contribution in [3.8, 4) is 5.75 Å². The number of amides is 2. The van der Waals surface area contributed by atoms with Crippen LogP contribution in [-0.2, 0) is 16.1 Å². The normalized spacial score (nSPS) is 12.8. The topological polar surface area (TPSA) is 71.9 Å². The fourth-order valence-corrected chi connectivity index (χ4v) is 2.94. The molecule has 0 bridgehead atoms. The van der Waals surface area contributed by atoms with Gasteiger partial charge in [-0.2, -0.15) is 0 Å². The molecular formula is C21H27FN3O3+. The molecule has 28 heavy (non-hydrogen) atoms. The number of carbonyl (C=O) groups excluding carboxylic acids is 2. The zero-order valence-corrected chi connectivity index (χ0v) is 16.6. The molecule has 2 aromatic carbocycles. The van der Waals surface area contributed by atoms with Gasteiger partial charge in [0.2, 0.25) is 5.91 Å². The summed E-state index contributed by atoms with van der Waals surface area (Å²) < 4.78 is 18.9. The van der Waals surface area contributed by atoms with E-state index in [-0.39, 0.29) is 23.6 Å². The van der Waals surface area contributed by atoms with Gasteiger partial charge in [-0.05, 0) is 56.3 Å². The Morgan fingerprint density at radius 3 is 2.21 bits per heavy atom. The van der Waals surface area contributed by atoms with Crippen LogP contribution in [0.2, 0.25) is 0 Å². The van der Waals surface area contributed by atoms with Gasteiger partial charge in [0, 0.05) is 23.9 Å². The van der Waals surface area contributed by atoms with E-state index in [0.29, 0.717) is 24.5 Å². The van der Waals surface area contributed by atoms with Crippen LogP contribution >= 0.6 is 0 Å². The zero-order valence-electron chi connectivity index (χ0n) is 16.6. The summed E-state index contributed by atoms with van der Waals surface area (Å²) in [6.07, 6.45) is 0. The molecule has 0 saturated carbocycles. The van der Waals surface area contributed by atoms with E-state index in [1.807, 2.05) is 19.9 Å². The summed E-state index contributed by atoms with van der Waals surface area (Å²) in [5.74, 6) is -0.484. The number of hydrogen-bond donors (Lipinski definition) is 3. The molecule has 0 aromatic heterocycles. The van der Waals surface area contributed by atoms with E-state index < -0.39 is 5.82 Å². The molecule has 2 atom stereocenters. The van der Waals surface area contributed by atoms with Crippen LogP contribution in [0.25, 0.3) is 0 Å². The Bertz CT molecular complexity index is 824. The summed E-state index contributed by atoms with van der Waals surface area (Å²) in [7, 11) is 1.43. The van der Waals surface area contributed by atoms with E-state index in [4.69, 9.17) is 4.74 Å². The van der Waals surface area contributed by atoms with E-state index in [0.717, 1.165) is 10.5 Å².